The van der Waals surface area contributed by atoms with Crippen molar-refractivity contribution in [2.75, 3.05) is 34.9 Å². The highest BCUT2D eigenvalue weighted by Gasteiger charge is 2.57. The van der Waals surface area contributed by atoms with Crippen LogP contribution in [0.4, 0.5) is 5.13 Å². The molecule has 3 aliphatic heterocycles. The minimum absolute atomic E-state index is 0.0349. The van der Waals surface area contributed by atoms with Gasteiger partial charge in [0.15, 0.2) is 15.2 Å². The molecule has 3 saturated heterocycles. The number of amides is 3. The Kier molecular flexibility index (Phi) is 7.89. The summed E-state index contributed by atoms with van der Waals surface area (Å²) in [6.45, 7) is 0.0349. The summed E-state index contributed by atoms with van der Waals surface area (Å²) >= 11 is 6.75. The quantitative estimate of drug-likeness (QED) is 0.108. The summed E-state index contributed by atoms with van der Waals surface area (Å²) in [6, 6.07) is -0.837. The van der Waals surface area contributed by atoms with Crippen molar-refractivity contribution in [3.63, 3.8) is 0 Å². The molecule has 2 aromatic rings. The number of aromatic nitrogens is 3. The summed E-state index contributed by atoms with van der Waals surface area (Å²) < 4.78 is 0.663. The van der Waals surface area contributed by atoms with E-state index in [1.165, 1.54) is 39.8 Å². The van der Waals surface area contributed by atoms with Gasteiger partial charge in [0.2, 0.25) is 12.3 Å². The molecule has 3 aliphatic rings. The number of rotatable bonds is 11. The minimum atomic E-state index is -1.15. The summed E-state index contributed by atoms with van der Waals surface area (Å²) in [5.74, 6) is 0.0255. The molecule has 3 fully saturated rings. The lowest BCUT2D eigenvalue weighted by Crippen LogP contribution is -2.74. The molecule has 2 unspecified atom stereocenters. The van der Waals surface area contributed by atoms with Crippen LogP contribution in [0.3, 0.4) is 0 Å². The Morgan fingerprint density at radius 3 is 2.89 bits per heavy atom. The van der Waals surface area contributed by atoms with Crippen LogP contribution in [0.15, 0.2) is 20.4 Å². The molecule has 37 heavy (non-hydrogen) atoms. The number of thioether (sulfide) groups is 3. The van der Waals surface area contributed by atoms with E-state index in [1.54, 1.807) is 22.7 Å². The van der Waals surface area contributed by atoms with Crippen LogP contribution in [0, 0.1) is 5.41 Å². The lowest BCUT2D eigenvalue weighted by Gasteiger charge is -2.53. The van der Waals surface area contributed by atoms with E-state index in [-0.39, 0.29) is 46.6 Å². The monoisotopic (exact) mass is 601 g/mol. The van der Waals surface area contributed by atoms with Crippen molar-refractivity contribution < 1.29 is 29.1 Å². The molecule has 0 saturated carbocycles. The van der Waals surface area contributed by atoms with Crippen molar-refractivity contribution in [3.8, 4) is 0 Å². The van der Waals surface area contributed by atoms with Crippen LogP contribution in [0.5, 0.6) is 0 Å². The fourth-order valence-corrected chi connectivity index (χ4v) is 8.20. The van der Waals surface area contributed by atoms with Crippen molar-refractivity contribution >= 4 is 93.0 Å². The first-order chi connectivity index (χ1) is 17.9. The number of aliphatic carboxylic acids is 1. The lowest BCUT2D eigenvalue weighted by atomic mass is 9.89. The molecule has 196 valence electrons. The number of carboxylic acids is 1. The Morgan fingerprint density at radius 1 is 1.38 bits per heavy atom. The number of β-lactam (4-membered cyclic amide) rings is 1. The first-order valence-electron chi connectivity index (χ1n) is 10.7. The predicted octanol–water partition coefficient (Wildman–Crippen LogP) is 0.662. The highest BCUT2D eigenvalue weighted by atomic mass is 32.2. The van der Waals surface area contributed by atoms with Crippen LogP contribution < -0.4 is 10.6 Å². The van der Waals surface area contributed by atoms with E-state index in [0.717, 1.165) is 22.8 Å². The number of hydrogen-bond acceptors (Lipinski definition) is 14. The van der Waals surface area contributed by atoms with Crippen LogP contribution in [0.25, 0.3) is 0 Å². The van der Waals surface area contributed by atoms with E-state index in [9.17, 15) is 24.3 Å². The number of fused-ring (bicyclic) bond motifs is 1. The molecule has 0 bridgehead atoms. The molecule has 0 spiro atoms. The zero-order valence-corrected chi connectivity index (χ0v) is 22.8. The Morgan fingerprint density at radius 2 is 2.22 bits per heavy atom. The number of thiazole rings is 1. The highest BCUT2D eigenvalue weighted by Crippen LogP contribution is 2.44. The van der Waals surface area contributed by atoms with Crippen molar-refractivity contribution in [2.24, 2.45) is 10.6 Å². The number of anilines is 1. The van der Waals surface area contributed by atoms with Gasteiger partial charge in [0, 0.05) is 34.9 Å². The molecule has 5 heterocycles. The Hall–Kier alpha value is -2.41. The summed E-state index contributed by atoms with van der Waals surface area (Å²) in [7, 11) is 0. The van der Waals surface area contributed by atoms with Crippen molar-refractivity contribution in [1.29, 1.82) is 0 Å². The Bertz CT molecular complexity index is 1220. The van der Waals surface area contributed by atoms with Gasteiger partial charge in [0.1, 0.15) is 34.1 Å². The van der Waals surface area contributed by atoms with E-state index in [0.29, 0.717) is 10.7 Å². The summed E-state index contributed by atoms with van der Waals surface area (Å²) in [5, 5.41) is 28.3. The van der Waals surface area contributed by atoms with Gasteiger partial charge in [-0.15, -0.1) is 33.3 Å². The summed E-state index contributed by atoms with van der Waals surface area (Å²) in [4.78, 5) is 60.2. The molecule has 2 aromatic heterocycles. The molecule has 3 atom stereocenters. The summed E-state index contributed by atoms with van der Waals surface area (Å²) in [6.07, 6.45) is 0.364. The number of carbonyl (C=O) groups is 4. The minimum Gasteiger partial charge on any atom is -0.481 e. The molecule has 0 radical (unpaired) electrons. The molecular weight excluding hydrogens is 583 g/mol. The van der Waals surface area contributed by atoms with E-state index in [1.807, 2.05) is 0 Å². The van der Waals surface area contributed by atoms with Gasteiger partial charge < -0.3 is 25.5 Å². The lowest BCUT2D eigenvalue weighted by molar-refractivity contribution is -0.157. The third kappa shape index (κ3) is 5.43. The number of carbonyl (C=O) groups excluding carboxylic acids is 3. The molecule has 5 rings (SSSR count). The topological polar surface area (TPSA) is 176 Å². The highest BCUT2D eigenvalue weighted by molar-refractivity contribution is 8.01. The fraction of sp³-hybridized carbons (Fsp3) is 0.474. The smallest absolute Gasteiger partial charge is 0.313 e. The zero-order chi connectivity index (χ0) is 26.0. The number of oxime groups is 1. The number of nitrogens with zero attached hydrogens (tertiary/aromatic N) is 5. The van der Waals surface area contributed by atoms with Gasteiger partial charge in [0.05, 0.1) is 0 Å². The molecule has 18 heteroatoms. The largest absolute Gasteiger partial charge is 0.481 e. The van der Waals surface area contributed by atoms with Crippen LogP contribution in [0.2, 0.25) is 0 Å². The van der Waals surface area contributed by atoms with Gasteiger partial charge in [-0.05, 0) is 0 Å². The van der Waals surface area contributed by atoms with E-state index >= 15 is 0 Å². The Balaban J connectivity index is 1.26. The molecule has 0 aromatic carbocycles. The predicted molar refractivity (Wildman–Crippen MR) is 141 cm³/mol. The van der Waals surface area contributed by atoms with Crippen molar-refractivity contribution in [3.05, 3.63) is 16.6 Å². The Labute approximate surface area is 230 Å². The van der Waals surface area contributed by atoms with Gasteiger partial charge in [-0.3, -0.25) is 19.2 Å². The SMILES string of the molecule is O=CNc1nc(C(=NOC2CSC2)C(=O)NC2C(=O)N3CC(CSc4nncs4)(C(=O)O)CS[C@H]23)cs1. The standard InChI is InChI=1S/C19H19N7O6S5/c27-7-20-17-22-10(3-34-17)11(25-32-9-1-33-2-9)13(28)23-12-14(29)26-4-19(16(30)31,5-35-15(12)26)6-36-18-24-21-8-37-18/h3,7-9,12,15H,1-2,4-6H2,(H,23,28)(H,30,31)(H,20,22,27)/t12?,15-,19?/m1/s1. The second kappa shape index (κ2) is 11.1. The second-order valence-electron chi connectivity index (χ2n) is 8.20. The van der Waals surface area contributed by atoms with Crippen LogP contribution in [0.1, 0.15) is 5.69 Å². The van der Waals surface area contributed by atoms with Gasteiger partial charge in [-0.2, -0.15) is 11.8 Å². The number of nitrogens with one attached hydrogen (secondary N) is 2. The first-order valence-corrected chi connectivity index (χ1v) is 15.7. The summed E-state index contributed by atoms with van der Waals surface area (Å²) in [5.41, 5.74) is 0.531. The third-order valence-corrected chi connectivity index (χ3v) is 11.5. The molecule has 3 N–H and O–H groups in total. The second-order valence-corrected chi connectivity index (χ2v) is 13.3. The van der Waals surface area contributed by atoms with Gasteiger partial charge >= 0.3 is 5.97 Å². The van der Waals surface area contributed by atoms with Gasteiger partial charge in [-0.1, -0.05) is 28.3 Å². The maximum atomic E-state index is 13.2. The number of carboxylic acid groups (broad SMARTS) is 1. The van der Waals surface area contributed by atoms with Gasteiger partial charge in [-0.25, -0.2) is 4.98 Å². The van der Waals surface area contributed by atoms with Crippen LogP contribution in [-0.2, 0) is 24.0 Å². The third-order valence-electron chi connectivity index (χ3n) is 5.74. The van der Waals surface area contributed by atoms with E-state index in [4.69, 9.17) is 4.84 Å². The van der Waals surface area contributed by atoms with Crippen molar-refractivity contribution in [1.82, 2.24) is 25.4 Å². The maximum Gasteiger partial charge on any atom is 0.313 e. The first kappa shape index (κ1) is 26.2. The van der Waals surface area contributed by atoms with Crippen LogP contribution in [-0.4, -0.2) is 102 Å². The normalized spacial score (nSPS) is 25.5. The molecule has 13 nitrogen and oxygen atoms in total. The van der Waals surface area contributed by atoms with Crippen molar-refractivity contribution in [2.45, 2.75) is 21.9 Å². The average Bonchev–Trinajstić information content (AvgIpc) is 3.55. The molecule has 3 amide bonds. The molecule has 0 aliphatic carbocycles. The number of hydrogen-bond donors (Lipinski definition) is 3. The maximum absolute atomic E-state index is 13.2. The van der Waals surface area contributed by atoms with Crippen LogP contribution >= 0.6 is 58.0 Å². The average molecular weight is 602 g/mol. The van der Waals surface area contributed by atoms with E-state index < -0.39 is 28.7 Å². The van der Waals surface area contributed by atoms with E-state index in [2.05, 4.69) is 31.0 Å². The zero-order valence-electron chi connectivity index (χ0n) is 18.8. The van der Waals surface area contributed by atoms with Gasteiger partial charge in [0.25, 0.3) is 5.91 Å². The fourth-order valence-electron chi connectivity index (χ4n) is 3.65. The molecular formula is C19H19N7O6S5.